The Balaban J connectivity index is 2.24. The van der Waals surface area contributed by atoms with Gasteiger partial charge in [-0.3, -0.25) is 11.3 Å². The van der Waals surface area contributed by atoms with Gasteiger partial charge in [0.05, 0.1) is 16.7 Å². The van der Waals surface area contributed by atoms with Gasteiger partial charge in [-0.2, -0.15) is 0 Å². The van der Waals surface area contributed by atoms with Gasteiger partial charge in [0.25, 0.3) is 0 Å². The van der Waals surface area contributed by atoms with Gasteiger partial charge in [0.2, 0.25) is 0 Å². The van der Waals surface area contributed by atoms with Gasteiger partial charge < -0.3 is 0 Å². The van der Waals surface area contributed by atoms with Crippen LogP contribution in [0.15, 0.2) is 18.2 Å². The van der Waals surface area contributed by atoms with Crippen LogP contribution in [0.1, 0.15) is 27.2 Å². The molecule has 2 rings (SSSR count). The van der Waals surface area contributed by atoms with E-state index in [4.69, 9.17) is 5.84 Å². The Morgan fingerprint density at radius 3 is 2.63 bits per heavy atom. The Labute approximate surface area is 114 Å². The van der Waals surface area contributed by atoms with Gasteiger partial charge in [0, 0.05) is 22.9 Å². The summed E-state index contributed by atoms with van der Waals surface area (Å²) in [7, 11) is 0. The molecule has 0 fully saturated rings. The van der Waals surface area contributed by atoms with Crippen LogP contribution in [0.2, 0.25) is 0 Å². The highest BCUT2D eigenvalue weighted by molar-refractivity contribution is 7.11. The summed E-state index contributed by atoms with van der Waals surface area (Å²) in [6.45, 7) is 3.92. The summed E-state index contributed by atoms with van der Waals surface area (Å²) < 4.78 is 26.6. The van der Waals surface area contributed by atoms with Gasteiger partial charge >= 0.3 is 0 Å². The number of thiazole rings is 1. The number of halogens is 2. The van der Waals surface area contributed by atoms with E-state index in [-0.39, 0.29) is 0 Å². The lowest BCUT2D eigenvalue weighted by atomic mass is 10.0. The van der Waals surface area contributed by atoms with Crippen LogP contribution in [0, 0.1) is 25.5 Å². The first-order valence-electron chi connectivity index (χ1n) is 5.85. The van der Waals surface area contributed by atoms with Gasteiger partial charge in [-0.05, 0) is 19.9 Å². The molecule has 0 amide bonds. The van der Waals surface area contributed by atoms with Crippen molar-refractivity contribution in [1.29, 1.82) is 0 Å². The quantitative estimate of drug-likeness (QED) is 0.670. The number of nitrogens with one attached hydrogen (secondary N) is 1. The summed E-state index contributed by atoms with van der Waals surface area (Å²) in [6, 6.07) is 3.06. The molecule has 1 aromatic heterocycles. The average Bonchev–Trinajstić information content (AvgIpc) is 2.66. The van der Waals surface area contributed by atoms with Crippen LogP contribution < -0.4 is 11.3 Å². The van der Waals surface area contributed by atoms with Crippen molar-refractivity contribution in [3.8, 4) is 0 Å². The largest absolute Gasteiger partial charge is 0.271 e. The van der Waals surface area contributed by atoms with E-state index < -0.39 is 17.7 Å². The third kappa shape index (κ3) is 3.15. The smallest absolute Gasteiger partial charge is 0.130 e. The molecule has 1 atom stereocenters. The first-order chi connectivity index (χ1) is 9.01. The Morgan fingerprint density at radius 1 is 1.37 bits per heavy atom. The molecule has 0 saturated heterocycles. The number of benzene rings is 1. The van der Waals surface area contributed by atoms with Crippen LogP contribution in [0.5, 0.6) is 0 Å². The molecule has 3 nitrogen and oxygen atoms in total. The molecule has 0 aliphatic rings. The number of aromatic nitrogens is 1. The second kappa shape index (κ2) is 5.73. The average molecular weight is 283 g/mol. The van der Waals surface area contributed by atoms with Gasteiger partial charge in [-0.15, -0.1) is 11.3 Å². The molecule has 19 heavy (non-hydrogen) atoms. The number of hydrogen-bond acceptors (Lipinski definition) is 4. The summed E-state index contributed by atoms with van der Waals surface area (Å²) in [5.41, 5.74) is 3.87. The van der Waals surface area contributed by atoms with E-state index >= 15 is 0 Å². The molecule has 0 saturated carbocycles. The number of hydrogen-bond donors (Lipinski definition) is 2. The third-order valence-electron chi connectivity index (χ3n) is 2.99. The summed E-state index contributed by atoms with van der Waals surface area (Å²) >= 11 is 1.56. The fourth-order valence-corrected chi connectivity index (χ4v) is 2.82. The van der Waals surface area contributed by atoms with Crippen molar-refractivity contribution in [3.05, 3.63) is 51.0 Å². The molecule has 2 aromatic rings. The zero-order chi connectivity index (χ0) is 14.0. The van der Waals surface area contributed by atoms with Crippen LogP contribution in [-0.4, -0.2) is 4.98 Å². The molecule has 0 bridgehead atoms. The minimum Gasteiger partial charge on any atom is -0.271 e. The van der Waals surface area contributed by atoms with Gasteiger partial charge in [0.1, 0.15) is 11.6 Å². The lowest BCUT2D eigenvalue weighted by Crippen LogP contribution is -2.30. The Hall–Kier alpha value is -1.37. The van der Waals surface area contributed by atoms with E-state index in [9.17, 15) is 8.78 Å². The van der Waals surface area contributed by atoms with E-state index in [1.165, 1.54) is 12.1 Å². The summed E-state index contributed by atoms with van der Waals surface area (Å²) in [4.78, 5) is 5.53. The van der Waals surface area contributed by atoms with Gasteiger partial charge in [0.15, 0.2) is 0 Å². The van der Waals surface area contributed by atoms with Crippen molar-refractivity contribution >= 4 is 11.3 Å². The maximum atomic E-state index is 13.7. The fraction of sp³-hybridized carbons (Fsp3) is 0.308. The molecule has 3 N–H and O–H groups in total. The van der Waals surface area contributed by atoms with Crippen molar-refractivity contribution in [3.63, 3.8) is 0 Å². The minimum atomic E-state index is -0.604. The fourth-order valence-electron chi connectivity index (χ4n) is 1.84. The van der Waals surface area contributed by atoms with Gasteiger partial charge in [-0.1, -0.05) is 6.07 Å². The Morgan fingerprint density at radius 2 is 2.11 bits per heavy atom. The van der Waals surface area contributed by atoms with Crippen LogP contribution in [-0.2, 0) is 6.42 Å². The zero-order valence-corrected chi connectivity index (χ0v) is 11.5. The Kier molecular flexibility index (Phi) is 4.24. The van der Waals surface area contributed by atoms with E-state index in [1.54, 1.807) is 11.3 Å². The second-order valence-corrected chi connectivity index (χ2v) is 5.63. The van der Waals surface area contributed by atoms with Crippen molar-refractivity contribution in [2.75, 3.05) is 0 Å². The normalized spacial score (nSPS) is 12.7. The number of nitrogens with two attached hydrogens (primary N) is 1. The van der Waals surface area contributed by atoms with Crippen molar-refractivity contribution < 1.29 is 8.78 Å². The molecule has 0 aliphatic carbocycles. The highest BCUT2D eigenvalue weighted by atomic mass is 32.1. The number of nitrogens with zero attached hydrogens (tertiary/aromatic N) is 1. The number of rotatable bonds is 4. The Bertz CT molecular complexity index is 564. The zero-order valence-electron chi connectivity index (χ0n) is 10.7. The van der Waals surface area contributed by atoms with Gasteiger partial charge in [-0.25, -0.2) is 13.8 Å². The van der Waals surface area contributed by atoms with Crippen molar-refractivity contribution in [1.82, 2.24) is 10.4 Å². The molecule has 1 unspecified atom stereocenters. The summed E-state index contributed by atoms with van der Waals surface area (Å²) in [6.07, 6.45) is 0.471. The topological polar surface area (TPSA) is 50.9 Å². The standard InChI is InChI=1S/C13H15F2N3S/c1-7-8(2)19-13(17-7)6-12(18-16)10-4-3-9(14)5-11(10)15/h3-5,12,18H,6,16H2,1-2H3. The first kappa shape index (κ1) is 14.0. The lowest BCUT2D eigenvalue weighted by Gasteiger charge is -2.15. The lowest BCUT2D eigenvalue weighted by molar-refractivity contribution is 0.501. The monoisotopic (exact) mass is 283 g/mol. The SMILES string of the molecule is Cc1nc(CC(NN)c2ccc(F)cc2F)sc1C. The molecule has 102 valence electrons. The van der Waals surface area contributed by atoms with Crippen LogP contribution in [0.25, 0.3) is 0 Å². The molecule has 1 heterocycles. The number of aryl methyl sites for hydroxylation is 2. The summed E-state index contributed by atoms with van der Waals surface area (Å²) in [5, 5.41) is 0.877. The van der Waals surface area contributed by atoms with Crippen LogP contribution >= 0.6 is 11.3 Å². The molecule has 0 aliphatic heterocycles. The maximum absolute atomic E-state index is 13.7. The molecule has 0 radical (unpaired) electrons. The third-order valence-corrected chi connectivity index (χ3v) is 4.09. The molecular formula is C13H15F2N3S. The molecule has 1 aromatic carbocycles. The van der Waals surface area contributed by atoms with Crippen LogP contribution in [0.4, 0.5) is 8.78 Å². The highest BCUT2D eigenvalue weighted by Crippen LogP contribution is 2.25. The highest BCUT2D eigenvalue weighted by Gasteiger charge is 2.17. The van der Waals surface area contributed by atoms with E-state index in [0.29, 0.717) is 12.0 Å². The second-order valence-electron chi connectivity index (χ2n) is 4.34. The minimum absolute atomic E-state index is 0.342. The summed E-state index contributed by atoms with van der Waals surface area (Å²) in [5.74, 6) is 4.27. The first-order valence-corrected chi connectivity index (χ1v) is 6.67. The van der Waals surface area contributed by atoms with E-state index in [0.717, 1.165) is 21.6 Å². The molecule has 0 spiro atoms. The van der Waals surface area contributed by atoms with Crippen molar-refractivity contribution in [2.45, 2.75) is 26.3 Å². The van der Waals surface area contributed by atoms with E-state index in [1.807, 2.05) is 13.8 Å². The predicted molar refractivity (Wildman–Crippen MR) is 71.7 cm³/mol. The van der Waals surface area contributed by atoms with Crippen molar-refractivity contribution in [2.24, 2.45) is 5.84 Å². The van der Waals surface area contributed by atoms with Crippen LogP contribution in [0.3, 0.4) is 0 Å². The van der Waals surface area contributed by atoms with E-state index in [2.05, 4.69) is 10.4 Å². The number of hydrazine groups is 1. The molecule has 6 heteroatoms. The molecular weight excluding hydrogens is 268 g/mol. The predicted octanol–water partition coefficient (Wildman–Crippen LogP) is 2.79. The maximum Gasteiger partial charge on any atom is 0.130 e.